The van der Waals surface area contributed by atoms with Crippen LogP contribution in [-0.2, 0) is 0 Å². The van der Waals surface area contributed by atoms with E-state index < -0.39 is 5.69 Å². The second-order valence-corrected chi connectivity index (χ2v) is 9.52. The highest BCUT2D eigenvalue weighted by molar-refractivity contribution is 6.10. The maximum atomic E-state index is 12.3. The molecule has 0 spiro atoms. The first kappa shape index (κ1) is 21.6. The van der Waals surface area contributed by atoms with Gasteiger partial charge in [0.2, 0.25) is 0 Å². The van der Waals surface area contributed by atoms with E-state index >= 15 is 0 Å². The van der Waals surface area contributed by atoms with Gasteiger partial charge < -0.3 is 8.98 Å². The molecule has 0 aliphatic heterocycles. The second-order valence-electron chi connectivity index (χ2n) is 9.52. The first-order valence-electron chi connectivity index (χ1n) is 12.7. The van der Waals surface area contributed by atoms with E-state index in [1.165, 1.54) is 16.3 Å². The van der Waals surface area contributed by atoms with Gasteiger partial charge >= 0.3 is 11.5 Å². The van der Waals surface area contributed by atoms with Crippen molar-refractivity contribution >= 4 is 38.7 Å². The van der Waals surface area contributed by atoms with Gasteiger partial charge in [-0.3, -0.25) is 0 Å². The summed E-state index contributed by atoms with van der Waals surface area (Å²) in [5.41, 5.74) is 7.23. The minimum atomic E-state index is -0.576. The first-order valence-corrected chi connectivity index (χ1v) is 12.7. The minimum absolute atomic E-state index is 0.224. The molecule has 8 aromatic rings. The number of hydrogen-bond acceptors (Lipinski definition) is 4. The normalized spacial score (nSPS) is 11.7. The van der Waals surface area contributed by atoms with Crippen molar-refractivity contribution in [3.05, 3.63) is 132 Å². The average molecular weight is 505 g/mol. The summed E-state index contributed by atoms with van der Waals surface area (Å²) in [6.45, 7) is 0. The van der Waals surface area contributed by atoms with E-state index in [9.17, 15) is 4.79 Å². The van der Waals surface area contributed by atoms with Gasteiger partial charge in [0.15, 0.2) is 11.4 Å². The Kier molecular flexibility index (Phi) is 4.57. The Bertz CT molecular complexity index is 2240. The van der Waals surface area contributed by atoms with Crippen LogP contribution >= 0.6 is 0 Å². The van der Waals surface area contributed by atoms with Crippen LogP contribution in [0, 0.1) is 0 Å². The van der Waals surface area contributed by atoms with Gasteiger partial charge in [-0.15, -0.1) is 4.98 Å². The average Bonchev–Trinajstić information content (AvgIpc) is 3.52. The van der Waals surface area contributed by atoms with Gasteiger partial charge in [0, 0.05) is 22.0 Å². The van der Waals surface area contributed by atoms with Crippen LogP contribution in [0.25, 0.3) is 67.0 Å². The third-order valence-electron chi connectivity index (χ3n) is 7.25. The number of para-hydroxylation sites is 2. The molecule has 0 saturated heterocycles. The van der Waals surface area contributed by atoms with Crippen molar-refractivity contribution in [3.63, 3.8) is 0 Å². The zero-order valence-electron chi connectivity index (χ0n) is 20.7. The van der Waals surface area contributed by atoms with Crippen molar-refractivity contribution in [1.82, 2.24) is 18.9 Å². The molecule has 0 atom stereocenters. The molecule has 39 heavy (non-hydrogen) atoms. The van der Waals surface area contributed by atoms with Crippen LogP contribution in [-0.4, -0.2) is 18.9 Å². The predicted octanol–water partition coefficient (Wildman–Crippen LogP) is 7.27. The quantitative estimate of drug-likeness (QED) is 0.254. The van der Waals surface area contributed by atoms with Crippen LogP contribution in [0.1, 0.15) is 0 Å². The minimum Gasteiger partial charge on any atom is -0.423 e. The molecule has 184 valence electrons. The Hall–Kier alpha value is -5.49. The van der Waals surface area contributed by atoms with Gasteiger partial charge in [-0.2, -0.15) is 4.98 Å². The van der Waals surface area contributed by atoms with Crippen molar-refractivity contribution in [2.24, 2.45) is 0 Å². The molecule has 0 saturated carbocycles. The van der Waals surface area contributed by atoms with Gasteiger partial charge in [-0.1, -0.05) is 78.9 Å². The highest BCUT2D eigenvalue weighted by Gasteiger charge is 2.17. The highest BCUT2D eigenvalue weighted by atomic mass is 16.4. The molecule has 8 rings (SSSR count). The number of aromatic nitrogens is 4. The number of rotatable bonds is 3. The molecule has 0 bridgehead atoms. The molecule has 0 amide bonds. The van der Waals surface area contributed by atoms with Gasteiger partial charge in [-0.25, -0.2) is 9.20 Å². The summed E-state index contributed by atoms with van der Waals surface area (Å²) < 4.78 is 10.1. The maximum absolute atomic E-state index is 12.3. The number of benzene rings is 5. The second kappa shape index (κ2) is 8.26. The fourth-order valence-electron chi connectivity index (χ4n) is 5.52. The molecule has 0 aliphatic carbocycles. The molecule has 0 N–H and O–H groups in total. The third kappa shape index (κ3) is 3.32. The van der Waals surface area contributed by atoms with E-state index in [-0.39, 0.29) is 5.84 Å². The topological polar surface area (TPSA) is 65.3 Å². The molecular weight excluding hydrogens is 484 g/mol. The number of fused-ring (bicyclic) bond motifs is 6. The molecule has 6 heteroatoms. The van der Waals surface area contributed by atoms with Crippen LogP contribution in [0.4, 0.5) is 0 Å². The lowest BCUT2D eigenvalue weighted by atomic mass is 10.0. The zero-order chi connectivity index (χ0) is 25.9. The van der Waals surface area contributed by atoms with E-state index in [1.807, 2.05) is 52.9 Å². The maximum Gasteiger partial charge on any atom is 0.373 e. The van der Waals surface area contributed by atoms with Crippen LogP contribution in [0.5, 0.6) is 0 Å². The van der Waals surface area contributed by atoms with Crippen LogP contribution in [0.3, 0.4) is 0 Å². The fourth-order valence-corrected chi connectivity index (χ4v) is 5.52. The molecule has 6 nitrogen and oxygen atoms in total. The SMILES string of the molecule is O=c1nc(-c2ccccc2)n2c(n1)oc1ccc(-c3ccc4c(c3)c3ccccc3n4-c3ccccc3)cc12. The van der Waals surface area contributed by atoms with E-state index in [0.717, 1.165) is 33.4 Å². The van der Waals surface area contributed by atoms with Crippen LogP contribution < -0.4 is 5.69 Å². The summed E-state index contributed by atoms with van der Waals surface area (Å²) >= 11 is 0. The van der Waals surface area contributed by atoms with Crippen molar-refractivity contribution in [2.75, 3.05) is 0 Å². The van der Waals surface area contributed by atoms with E-state index in [4.69, 9.17) is 4.42 Å². The molecule has 0 unspecified atom stereocenters. The van der Waals surface area contributed by atoms with Crippen LogP contribution in [0.15, 0.2) is 131 Å². The fraction of sp³-hybridized carbons (Fsp3) is 0. The molecule has 0 radical (unpaired) electrons. The number of hydrogen-bond donors (Lipinski definition) is 0. The molecule has 0 aliphatic rings. The van der Waals surface area contributed by atoms with E-state index in [2.05, 4.69) is 87.3 Å². The summed E-state index contributed by atoms with van der Waals surface area (Å²) in [5, 5.41) is 2.38. The molecule has 3 aromatic heterocycles. The lowest BCUT2D eigenvalue weighted by molar-refractivity contribution is 0.630. The molecular formula is C33H20N4O2. The largest absolute Gasteiger partial charge is 0.423 e. The molecule has 3 heterocycles. The molecule has 0 fully saturated rings. The summed E-state index contributed by atoms with van der Waals surface area (Å²) in [6.07, 6.45) is 0. The standard InChI is InChI=1S/C33H20N4O2/c38-32-34-31(21-9-3-1-4-10-21)37-29-20-23(16-18-30(29)39-33(37)35-32)22-15-17-28-26(19-22)25-13-7-8-14-27(25)36(28)24-11-5-2-6-12-24/h1-20H. The van der Waals surface area contributed by atoms with Crippen molar-refractivity contribution < 1.29 is 4.42 Å². The lowest BCUT2D eigenvalue weighted by Crippen LogP contribution is -2.14. The Balaban J connectivity index is 1.37. The van der Waals surface area contributed by atoms with Gasteiger partial charge in [0.05, 0.1) is 16.6 Å². The van der Waals surface area contributed by atoms with Gasteiger partial charge in [-0.05, 0) is 53.6 Å². The van der Waals surface area contributed by atoms with Gasteiger partial charge in [0.25, 0.3) is 0 Å². The van der Waals surface area contributed by atoms with Crippen molar-refractivity contribution in [1.29, 1.82) is 0 Å². The Labute approximate surface area is 222 Å². The van der Waals surface area contributed by atoms with Crippen molar-refractivity contribution in [3.8, 4) is 28.2 Å². The van der Waals surface area contributed by atoms with Gasteiger partial charge in [0.1, 0.15) is 0 Å². The molecule has 5 aromatic carbocycles. The summed E-state index contributed by atoms with van der Waals surface area (Å²) in [6, 6.07) is 41.2. The zero-order valence-corrected chi connectivity index (χ0v) is 20.7. The van der Waals surface area contributed by atoms with Crippen LogP contribution in [0.2, 0.25) is 0 Å². The Morgan fingerprint density at radius 2 is 1.26 bits per heavy atom. The third-order valence-corrected chi connectivity index (χ3v) is 7.25. The summed E-state index contributed by atoms with van der Waals surface area (Å²) in [7, 11) is 0. The number of nitrogens with zero attached hydrogens (tertiary/aromatic N) is 4. The van der Waals surface area contributed by atoms with E-state index in [0.29, 0.717) is 11.4 Å². The van der Waals surface area contributed by atoms with Crippen molar-refractivity contribution in [2.45, 2.75) is 0 Å². The number of oxazole rings is 1. The lowest BCUT2D eigenvalue weighted by Gasteiger charge is -2.08. The summed E-state index contributed by atoms with van der Waals surface area (Å²) in [5.74, 6) is 0.727. The summed E-state index contributed by atoms with van der Waals surface area (Å²) in [4.78, 5) is 20.6. The smallest absolute Gasteiger partial charge is 0.373 e. The first-order chi connectivity index (χ1) is 19.2. The highest BCUT2D eigenvalue weighted by Crippen LogP contribution is 2.36. The Morgan fingerprint density at radius 1 is 0.564 bits per heavy atom. The van der Waals surface area contributed by atoms with E-state index in [1.54, 1.807) is 0 Å². The predicted molar refractivity (Wildman–Crippen MR) is 154 cm³/mol. The monoisotopic (exact) mass is 504 g/mol. The Morgan fingerprint density at radius 3 is 2.10 bits per heavy atom.